The van der Waals surface area contributed by atoms with Gasteiger partial charge in [-0.1, -0.05) is 23.7 Å². The molecule has 0 aliphatic carbocycles. The Bertz CT molecular complexity index is 595. The highest BCUT2D eigenvalue weighted by molar-refractivity contribution is 9.10. The van der Waals surface area contributed by atoms with Crippen LogP contribution in [-0.4, -0.2) is 9.97 Å². The van der Waals surface area contributed by atoms with Crippen LogP contribution in [0.1, 0.15) is 5.56 Å². The monoisotopic (exact) mass is 323 g/mol. The van der Waals surface area contributed by atoms with Crippen molar-refractivity contribution in [3.63, 3.8) is 0 Å². The molecule has 18 heavy (non-hydrogen) atoms. The van der Waals surface area contributed by atoms with Gasteiger partial charge in [0.15, 0.2) is 5.15 Å². The Kier molecular flexibility index (Phi) is 4.13. The second kappa shape index (κ2) is 5.80. The zero-order chi connectivity index (χ0) is 13.0. The number of nitriles is 1. The summed E-state index contributed by atoms with van der Waals surface area (Å²) >= 11 is 9.08. The van der Waals surface area contributed by atoms with Crippen LogP contribution in [0.15, 0.2) is 35.1 Å². The minimum Gasteiger partial charge on any atom is -0.438 e. The van der Waals surface area contributed by atoms with Gasteiger partial charge in [0.1, 0.15) is 16.5 Å². The van der Waals surface area contributed by atoms with Crippen LogP contribution >= 0.6 is 27.5 Å². The molecule has 1 heterocycles. The summed E-state index contributed by atoms with van der Waals surface area (Å²) in [6.45, 7) is 0. The van der Waals surface area contributed by atoms with Crippen LogP contribution in [0.3, 0.4) is 0 Å². The molecule has 0 bridgehead atoms. The van der Waals surface area contributed by atoms with E-state index >= 15 is 0 Å². The third kappa shape index (κ3) is 2.97. The molecule has 0 aliphatic rings. The standard InChI is InChI=1S/C12H7BrClN3O/c13-10-11(14)16-7-17-12(10)18-9-3-1-8(2-4-9)5-6-15/h1-4,7H,5H2. The third-order valence-corrected chi connectivity index (χ3v) is 3.37. The molecule has 0 radical (unpaired) electrons. The Labute approximate surface area is 117 Å². The molecule has 90 valence electrons. The van der Waals surface area contributed by atoms with Crippen molar-refractivity contribution in [1.29, 1.82) is 5.26 Å². The summed E-state index contributed by atoms with van der Waals surface area (Å²) in [7, 11) is 0. The maximum Gasteiger partial charge on any atom is 0.238 e. The molecule has 0 N–H and O–H groups in total. The van der Waals surface area contributed by atoms with Crippen molar-refractivity contribution in [3.05, 3.63) is 45.8 Å². The first-order valence-electron chi connectivity index (χ1n) is 5.00. The predicted octanol–water partition coefficient (Wildman–Crippen LogP) is 3.75. The van der Waals surface area contributed by atoms with Gasteiger partial charge in [0.25, 0.3) is 0 Å². The lowest BCUT2D eigenvalue weighted by molar-refractivity contribution is 0.458. The Balaban J connectivity index is 2.19. The molecule has 2 rings (SSSR count). The summed E-state index contributed by atoms with van der Waals surface area (Å²) in [4.78, 5) is 7.79. The molecule has 6 heteroatoms. The average Bonchev–Trinajstić information content (AvgIpc) is 2.38. The topological polar surface area (TPSA) is 58.8 Å². The van der Waals surface area contributed by atoms with Crippen molar-refractivity contribution in [2.75, 3.05) is 0 Å². The van der Waals surface area contributed by atoms with E-state index in [1.807, 2.05) is 12.1 Å². The zero-order valence-corrected chi connectivity index (χ0v) is 11.4. The maximum absolute atomic E-state index is 8.57. The van der Waals surface area contributed by atoms with E-state index in [0.29, 0.717) is 27.7 Å². The molecule has 1 aromatic carbocycles. The zero-order valence-electron chi connectivity index (χ0n) is 9.10. The normalized spacial score (nSPS) is 9.83. The number of aromatic nitrogens is 2. The smallest absolute Gasteiger partial charge is 0.238 e. The van der Waals surface area contributed by atoms with Gasteiger partial charge in [0, 0.05) is 0 Å². The summed E-state index contributed by atoms with van der Waals surface area (Å²) in [6, 6.07) is 9.29. The van der Waals surface area contributed by atoms with E-state index in [2.05, 4.69) is 32.0 Å². The average molecular weight is 325 g/mol. The van der Waals surface area contributed by atoms with Crippen LogP contribution in [0.25, 0.3) is 0 Å². The maximum atomic E-state index is 8.57. The van der Waals surface area contributed by atoms with E-state index < -0.39 is 0 Å². The van der Waals surface area contributed by atoms with Crippen LogP contribution in [0.5, 0.6) is 11.6 Å². The van der Waals surface area contributed by atoms with E-state index in [1.165, 1.54) is 6.33 Å². The molecule has 1 aromatic heterocycles. The highest BCUT2D eigenvalue weighted by Gasteiger charge is 2.08. The quantitative estimate of drug-likeness (QED) is 0.807. The lowest BCUT2D eigenvalue weighted by Crippen LogP contribution is -1.91. The first-order chi connectivity index (χ1) is 8.70. The van der Waals surface area contributed by atoms with Gasteiger partial charge in [-0.2, -0.15) is 5.26 Å². The fourth-order valence-electron chi connectivity index (χ4n) is 1.28. The van der Waals surface area contributed by atoms with Crippen molar-refractivity contribution in [1.82, 2.24) is 9.97 Å². The second-order valence-corrected chi connectivity index (χ2v) is 4.52. The van der Waals surface area contributed by atoms with Gasteiger partial charge in [-0.3, -0.25) is 0 Å². The molecule has 0 atom stereocenters. The largest absolute Gasteiger partial charge is 0.438 e. The van der Waals surface area contributed by atoms with Crippen LogP contribution in [0.2, 0.25) is 5.15 Å². The number of rotatable bonds is 3. The summed E-state index contributed by atoms with van der Waals surface area (Å²) in [5.74, 6) is 0.968. The predicted molar refractivity (Wildman–Crippen MR) is 70.6 cm³/mol. The minimum atomic E-state index is 0.293. The van der Waals surface area contributed by atoms with Gasteiger partial charge >= 0.3 is 0 Å². The Hall–Kier alpha value is -1.64. The van der Waals surface area contributed by atoms with Crippen LogP contribution in [-0.2, 0) is 6.42 Å². The first kappa shape index (κ1) is 12.8. The molecule has 0 unspecified atom stereocenters. The van der Waals surface area contributed by atoms with Crippen LogP contribution in [0.4, 0.5) is 0 Å². The highest BCUT2D eigenvalue weighted by atomic mass is 79.9. The summed E-state index contributed by atoms with van der Waals surface area (Å²) < 4.78 is 6.06. The molecule has 0 aliphatic heterocycles. The van der Waals surface area contributed by atoms with Gasteiger partial charge < -0.3 is 4.74 Å². The fraction of sp³-hybridized carbons (Fsp3) is 0.0833. The molecule has 0 spiro atoms. The number of halogens is 2. The molecule has 0 saturated carbocycles. The van der Waals surface area contributed by atoms with Crippen molar-refractivity contribution in [2.45, 2.75) is 6.42 Å². The second-order valence-electron chi connectivity index (χ2n) is 3.36. The third-order valence-electron chi connectivity index (χ3n) is 2.14. The van der Waals surface area contributed by atoms with Gasteiger partial charge in [-0.15, -0.1) is 0 Å². The van der Waals surface area contributed by atoms with Gasteiger partial charge in [0.2, 0.25) is 5.88 Å². The van der Waals surface area contributed by atoms with Gasteiger partial charge in [0.05, 0.1) is 12.5 Å². The number of nitrogens with zero attached hydrogens (tertiary/aromatic N) is 3. The summed E-state index contributed by atoms with van der Waals surface area (Å²) in [5.41, 5.74) is 0.935. The van der Waals surface area contributed by atoms with Crippen molar-refractivity contribution < 1.29 is 4.74 Å². The first-order valence-corrected chi connectivity index (χ1v) is 6.17. The molecule has 0 saturated heterocycles. The Morgan fingerprint density at radius 3 is 2.67 bits per heavy atom. The summed E-state index contributed by atoms with van der Waals surface area (Å²) in [6.07, 6.45) is 1.70. The summed E-state index contributed by atoms with van der Waals surface area (Å²) in [5, 5.41) is 8.86. The van der Waals surface area contributed by atoms with Crippen LogP contribution in [0, 0.1) is 11.3 Å². The lowest BCUT2D eigenvalue weighted by atomic mass is 10.2. The SMILES string of the molecule is N#CCc1ccc(Oc2ncnc(Cl)c2Br)cc1. The lowest BCUT2D eigenvalue weighted by Gasteiger charge is -2.07. The number of benzene rings is 1. The fourth-order valence-corrected chi connectivity index (χ4v) is 1.69. The van der Waals surface area contributed by atoms with Gasteiger partial charge in [-0.05, 0) is 33.6 Å². The Morgan fingerprint density at radius 1 is 1.28 bits per heavy atom. The minimum absolute atomic E-state index is 0.293. The molecular formula is C12H7BrClN3O. The number of hydrogen-bond acceptors (Lipinski definition) is 4. The van der Waals surface area contributed by atoms with E-state index in [4.69, 9.17) is 21.6 Å². The van der Waals surface area contributed by atoms with E-state index in [0.717, 1.165) is 5.56 Å². The molecule has 0 fully saturated rings. The van der Waals surface area contributed by atoms with Gasteiger partial charge in [-0.25, -0.2) is 9.97 Å². The highest BCUT2D eigenvalue weighted by Crippen LogP contribution is 2.31. The molecule has 4 nitrogen and oxygen atoms in total. The van der Waals surface area contributed by atoms with E-state index in [9.17, 15) is 0 Å². The van der Waals surface area contributed by atoms with Crippen molar-refractivity contribution >= 4 is 27.5 Å². The number of ether oxygens (including phenoxy) is 1. The molecule has 0 amide bonds. The van der Waals surface area contributed by atoms with Crippen molar-refractivity contribution in [3.8, 4) is 17.7 Å². The van der Waals surface area contributed by atoms with Crippen molar-refractivity contribution in [2.24, 2.45) is 0 Å². The van der Waals surface area contributed by atoms with E-state index in [1.54, 1.807) is 12.1 Å². The molecular weight excluding hydrogens is 318 g/mol. The number of hydrogen-bond donors (Lipinski definition) is 0. The molecule has 2 aromatic rings. The van der Waals surface area contributed by atoms with Crippen LogP contribution < -0.4 is 4.74 Å². The Morgan fingerprint density at radius 2 is 2.00 bits per heavy atom. The van der Waals surface area contributed by atoms with E-state index in [-0.39, 0.29) is 0 Å².